The molecule has 0 rings (SSSR count). The van der Waals surface area contributed by atoms with Gasteiger partial charge in [-0.15, -0.1) is 0 Å². The van der Waals surface area contributed by atoms with Crippen molar-refractivity contribution in [1.29, 1.82) is 0 Å². The van der Waals surface area contributed by atoms with Crippen LogP contribution >= 0.6 is 7.82 Å². The third kappa shape index (κ3) is 42.0. The minimum atomic E-state index is -4.71. The third-order valence-electron chi connectivity index (χ3n) is 10.4. The zero-order valence-electron chi connectivity index (χ0n) is 34.9. The van der Waals surface area contributed by atoms with Gasteiger partial charge in [0.15, 0.2) is 0 Å². The number of phosphoric acid groups is 1. The van der Waals surface area contributed by atoms with Gasteiger partial charge in [0.2, 0.25) is 5.91 Å². The van der Waals surface area contributed by atoms with E-state index < -0.39 is 26.6 Å². The first kappa shape index (κ1) is 52.0. The molecular weight excluding hydrogens is 681 g/mol. The van der Waals surface area contributed by atoms with Gasteiger partial charge in [-0.3, -0.25) is 9.32 Å². The second-order valence-corrected chi connectivity index (χ2v) is 17.0. The van der Waals surface area contributed by atoms with Crippen LogP contribution in [0, 0.1) is 0 Å². The number of allylic oxidation sites excluding steroid dienone is 3. The molecule has 4 N–H and O–H groups in total. The zero-order valence-corrected chi connectivity index (χ0v) is 35.8. The van der Waals surface area contributed by atoms with Gasteiger partial charge >= 0.3 is 7.82 Å². The molecule has 0 unspecified atom stereocenters. The molecule has 0 spiro atoms. The first-order chi connectivity index (χ1) is 25.8. The maximum atomic E-state index is 12.6. The van der Waals surface area contributed by atoms with Crippen molar-refractivity contribution in [2.45, 2.75) is 251 Å². The van der Waals surface area contributed by atoms with Crippen LogP contribution in [-0.4, -0.2) is 39.6 Å². The van der Waals surface area contributed by atoms with Crippen molar-refractivity contribution < 1.29 is 28.8 Å². The maximum absolute atomic E-state index is 12.6. The number of rotatable bonds is 42. The fraction of sp³-hybridized carbons (Fsp3) is 0.889. The molecule has 53 heavy (non-hydrogen) atoms. The smallest absolute Gasteiger partial charge is 0.387 e. The molecular formula is C45H88NO6P. The van der Waals surface area contributed by atoms with Gasteiger partial charge < -0.3 is 20.2 Å². The summed E-state index contributed by atoms with van der Waals surface area (Å²) in [6.07, 6.45) is 50.6. The van der Waals surface area contributed by atoms with Crippen LogP contribution in [0.3, 0.4) is 0 Å². The highest BCUT2D eigenvalue weighted by molar-refractivity contribution is 7.46. The summed E-state index contributed by atoms with van der Waals surface area (Å²) in [4.78, 5) is 30.9. The Morgan fingerprint density at radius 2 is 0.849 bits per heavy atom. The molecule has 0 saturated heterocycles. The lowest BCUT2D eigenvalue weighted by Gasteiger charge is -2.22. The van der Waals surface area contributed by atoms with Crippen LogP contribution in [0.25, 0.3) is 0 Å². The monoisotopic (exact) mass is 770 g/mol. The Bertz CT molecular complexity index is 875. The number of hydrogen-bond acceptors (Lipinski definition) is 4. The van der Waals surface area contributed by atoms with Crippen LogP contribution in [0.4, 0.5) is 0 Å². The molecule has 8 heteroatoms. The number of hydrogen-bond donors (Lipinski definition) is 4. The van der Waals surface area contributed by atoms with Gasteiger partial charge in [-0.2, -0.15) is 0 Å². The summed E-state index contributed by atoms with van der Waals surface area (Å²) in [5.41, 5.74) is 0. The molecule has 0 fully saturated rings. The summed E-state index contributed by atoms with van der Waals surface area (Å²) >= 11 is 0. The molecule has 0 radical (unpaired) electrons. The van der Waals surface area contributed by atoms with E-state index in [0.717, 1.165) is 38.5 Å². The van der Waals surface area contributed by atoms with Crippen molar-refractivity contribution in [3.63, 3.8) is 0 Å². The SMILES string of the molecule is CCCCCCCC/C=C\CCCCCCCCCCCCCCCC(=O)N[C@@H](COP(=O)(O)O)[C@H](O)/C=C/CCCCCCCCCCCCCC. The zero-order chi connectivity index (χ0) is 38.9. The highest BCUT2D eigenvalue weighted by Crippen LogP contribution is 2.35. The van der Waals surface area contributed by atoms with Gasteiger partial charge in [0.25, 0.3) is 0 Å². The summed E-state index contributed by atoms with van der Waals surface area (Å²) in [5.74, 6) is -0.224. The summed E-state index contributed by atoms with van der Waals surface area (Å²) in [6.45, 7) is 4.08. The van der Waals surface area contributed by atoms with Crippen molar-refractivity contribution in [1.82, 2.24) is 5.32 Å². The Morgan fingerprint density at radius 1 is 0.528 bits per heavy atom. The molecule has 0 aromatic heterocycles. The van der Waals surface area contributed by atoms with E-state index >= 15 is 0 Å². The molecule has 1 amide bonds. The largest absolute Gasteiger partial charge is 0.469 e. The molecule has 0 aliphatic rings. The van der Waals surface area contributed by atoms with Gasteiger partial charge in [-0.05, 0) is 44.9 Å². The van der Waals surface area contributed by atoms with Gasteiger partial charge in [0, 0.05) is 6.42 Å². The first-order valence-corrected chi connectivity index (χ1v) is 24.3. The van der Waals surface area contributed by atoms with Crippen LogP contribution in [-0.2, 0) is 13.9 Å². The predicted octanol–water partition coefficient (Wildman–Crippen LogP) is 13.7. The second kappa shape index (κ2) is 40.7. The quantitative estimate of drug-likeness (QED) is 0.0279. The average Bonchev–Trinajstić information content (AvgIpc) is 3.13. The van der Waals surface area contributed by atoms with Crippen LogP contribution in [0.5, 0.6) is 0 Å². The maximum Gasteiger partial charge on any atom is 0.469 e. The van der Waals surface area contributed by atoms with E-state index in [1.165, 1.54) is 180 Å². The lowest BCUT2D eigenvalue weighted by Crippen LogP contribution is -2.45. The van der Waals surface area contributed by atoms with E-state index in [1.54, 1.807) is 6.08 Å². The van der Waals surface area contributed by atoms with E-state index in [1.807, 2.05) is 6.08 Å². The molecule has 0 bridgehead atoms. The summed E-state index contributed by atoms with van der Waals surface area (Å²) in [5, 5.41) is 13.4. The number of nitrogens with one attached hydrogen (secondary N) is 1. The lowest BCUT2D eigenvalue weighted by atomic mass is 10.0. The Balaban J connectivity index is 3.86. The number of aliphatic hydroxyl groups is 1. The fourth-order valence-corrected chi connectivity index (χ4v) is 7.28. The average molecular weight is 770 g/mol. The molecule has 0 aromatic rings. The van der Waals surface area contributed by atoms with Gasteiger partial charge in [0.05, 0.1) is 18.8 Å². The van der Waals surface area contributed by atoms with E-state index in [4.69, 9.17) is 9.79 Å². The van der Waals surface area contributed by atoms with Crippen LogP contribution in [0.15, 0.2) is 24.3 Å². The van der Waals surface area contributed by atoms with E-state index in [0.29, 0.717) is 6.42 Å². The topological polar surface area (TPSA) is 116 Å². The number of aliphatic hydroxyl groups excluding tert-OH is 1. The molecule has 0 aliphatic carbocycles. The molecule has 0 aliphatic heterocycles. The van der Waals surface area contributed by atoms with Crippen molar-refractivity contribution >= 4 is 13.7 Å². The minimum absolute atomic E-state index is 0.224. The Labute approximate surface area is 328 Å². The number of unbranched alkanes of at least 4 members (excludes halogenated alkanes) is 31. The number of amides is 1. The third-order valence-corrected chi connectivity index (χ3v) is 10.9. The summed E-state index contributed by atoms with van der Waals surface area (Å²) in [7, 11) is -4.71. The number of carbonyl (C=O) groups is 1. The van der Waals surface area contributed by atoms with Gasteiger partial charge in [-0.1, -0.05) is 212 Å². The molecule has 2 atom stereocenters. The van der Waals surface area contributed by atoms with Crippen molar-refractivity contribution in [3.05, 3.63) is 24.3 Å². The minimum Gasteiger partial charge on any atom is -0.387 e. The summed E-state index contributed by atoms with van der Waals surface area (Å²) in [6, 6.07) is -0.907. The standard InChI is InChI=1S/C45H88NO6P/c1-3-5-7-9-11-13-15-17-19-20-21-22-23-24-25-26-27-29-31-33-35-37-39-41-45(48)46-43(42-52-53(49,50)51)44(47)40-38-36-34-32-30-28-18-16-14-12-10-8-6-4-2/h17,19,38,40,43-44,47H,3-16,18,20-37,39,41-42H2,1-2H3,(H,46,48)(H2,49,50,51)/b19-17-,40-38+/t43-,44+/m0/s1. The fourth-order valence-electron chi connectivity index (χ4n) is 6.93. The Kier molecular flexibility index (Phi) is 39.9. The van der Waals surface area contributed by atoms with Crippen molar-refractivity contribution in [3.8, 4) is 0 Å². The second-order valence-electron chi connectivity index (χ2n) is 15.7. The highest BCUT2D eigenvalue weighted by Gasteiger charge is 2.24. The lowest BCUT2D eigenvalue weighted by molar-refractivity contribution is -0.123. The molecule has 7 nitrogen and oxygen atoms in total. The van der Waals surface area contributed by atoms with Crippen LogP contribution in [0.1, 0.15) is 239 Å². The van der Waals surface area contributed by atoms with E-state index in [9.17, 15) is 14.5 Å². The molecule has 0 aromatic carbocycles. The van der Waals surface area contributed by atoms with Gasteiger partial charge in [-0.25, -0.2) is 4.57 Å². The Morgan fingerprint density at radius 3 is 1.21 bits per heavy atom. The number of phosphoric ester groups is 1. The van der Waals surface area contributed by atoms with Crippen LogP contribution in [0.2, 0.25) is 0 Å². The number of carbonyl (C=O) groups excluding carboxylic acids is 1. The van der Waals surface area contributed by atoms with E-state index in [-0.39, 0.29) is 5.91 Å². The normalized spacial score (nSPS) is 13.4. The Hall–Kier alpha value is -0.980. The van der Waals surface area contributed by atoms with E-state index in [2.05, 4.69) is 35.8 Å². The highest BCUT2D eigenvalue weighted by atomic mass is 31.2. The van der Waals surface area contributed by atoms with Crippen molar-refractivity contribution in [2.24, 2.45) is 0 Å². The first-order valence-electron chi connectivity index (χ1n) is 22.8. The summed E-state index contributed by atoms with van der Waals surface area (Å²) < 4.78 is 15.9. The molecule has 314 valence electrons. The molecule has 0 heterocycles. The van der Waals surface area contributed by atoms with Gasteiger partial charge in [0.1, 0.15) is 0 Å². The molecule has 0 saturated carbocycles. The predicted molar refractivity (Wildman–Crippen MR) is 227 cm³/mol. The van der Waals surface area contributed by atoms with Crippen molar-refractivity contribution in [2.75, 3.05) is 6.61 Å². The van der Waals surface area contributed by atoms with Crippen LogP contribution < -0.4 is 5.32 Å².